The van der Waals surface area contributed by atoms with Gasteiger partial charge in [-0.1, -0.05) is 0 Å². The third kappa shape index (κ3) is 1.73. The Kier molecular flexibility index (Phi) is 2.13. The minimum atomic E-state index is -2.96. The van der Waals surface area contributed by atoms with E-state index in [2.05, 4.69) is 5.32 Å². The van der Waals surface area contributed by atoms with E-state index in [0.717, 1.165) is 32.5 Å². The summed E-state index contributed by atoms with van der Waals surface area (Å²) in [5.41, 5.74) is 0.253. The van der Waals surface area contributed by atoms with E-state index >= 15 is 0 Å². The van der Waals surface area contributed by atoms with Gasteiger partial charge in [0.1, 0.15) is 0 Å². The van der Waals surface area contributed by atoms with Crippen LogP contribution in [0.3, 0.4) is 0 Å². The van der Waals surface area contributed by atoms with Crippen LogP contribution in [-0.4, -0.2) is 45.2 Å². The molecule has 0 aliphatic carbocycles. The molecule has 0 saturated carbocycles. The van der Waals surface area contributed by atoms with Gasteiger partial charge in [0, 0.05) is 19.6 Å². The van der Waals surface area contributed by atoms with E-state index in [9.17, 15) is 8.42 Å². The maximum absolute atomic E-state index is 11.3. The average molecular weight is 204 g/mol. The van der Waals surface area contributed by atoms with E-state index < -0.39 is 10.0 Å². The van der Waals surface area contributed by atoms with Gasteiger partial charge in [0.05, 0.1) is 6.26 Å². The molecule has 0 bridgehead atoms. The molecule has 0 aromatic heterocycles. The van der Waals surface area contributed by atoms with Gasteiger partial charge in [-0.3, -0.25) is 0 Å². The molecule has 0 aromatic carbocycles. The molecule has 1 spiro atoms. The van der Waals surface area contributed by atoms with E-state index in [4.69, 9.17) is 0 Å². The SMILES string of the molecule is CS(=O)(=O)N1CCC2(CCNC2)C1. The molecule has 2 rings (SSSR count). The Balaban J connectivity index is 2.09. The van der Waals surface area contributed by atoms with Gasteiger partial charge in [-0.2, -0.15) is 0 Å². The molecule has 13 heavy (non-hydrogen) atoms. The van der Waals surface area contributed by atoms with Crippen LogP contribution in [0.5, 0.6) is 0 Å². The number of nitrogens with zero attached hydrogens (tertiary/aromatic N) is 1. The Bertz CT molecular complexity index is 293. The Morgan fingerprint density at radius 3 is 2.62 bits per heavy atom. The van der Waals surface area contributed by atoms with Gasteiger partial charge in [0.15, 0.2) is 0 Å². The van der Waals surface area contributed by atoms with Gasteiger partial charge in [-0.25, -0.2) is 12.7 Å². The van der Waals surface area contributed by atoms with Crippen LogP contribution in [0.4, 0.5) is 0 Å². The first-order valence-electron chi connectivity index (χ1n) is 4.68. The summed E-state index contributed by atoms with van der Waals surface area (Å²) in [7, 11) is -2.96. The van der Waals surface area contributed by atoms with Crippen molar-refractivity contribution in [3.63, 3.8) is 0 Å². The summed E-state index contributed by atoms with van der Waals surface area (Å²) in [6, 6.07) is 0. The zero-order valence-electron chi connectivity index (χ0n) is 7.91. The van der Waals surface area contributed by atoms with Crippen LogP contribution in [-0.2, 0) is 10.0 Å². The first-order chi connectivity index (χ1) is 6.02. The van der Waals surface area contributed by atoms with E-state index in [1.807, 2.05) is 0 Å². The van der Waals surface area contributed by atoms with Crippen LogP contribution < -0.4 is 5.32 Å². The fourth-order valence-electron chi connectivity index (χ4n) is 2.32. The zero-order valence-corrected chi connectivity index (χ0v) is 8.73. The molecule has 1 unspecified atom stereocenters. The van der Waals surface area contributed by atoms with Gasteiger partial charge in [-0.15, -0.1) is 0 Å². The standard InChI is InChI=1S/C8H16N2O2S/c1-13(11,12)10-5-3-8(7-10)2-4-9-6-8/h9H,2-7H2,1H3. The third-order valence-electron chi connectivity index (χ3n) is 3.20. The first-order valence-corrected chi connectivity index (χ1v) is 6.53. The predicted octanol–water partition coefficient (Wildman–Crippen LogP) is -0.369. The Morgan fingerprint density at radius 1 is 1.38 bits per heavy atom. The Hall–Kier alpha value is -0.130. The second-order valence-corrected chi connectivity index (χ2v) is 6.26. The van der Waals surface area contributed by atoms with Crippen LogP contribution in [0, 0.1) is 5.41 Å². The molecule has 2 saturated heterocycles. The highest BCUT2D eigenvalue weighted by molar-refractivity contribution is 7.88. The zero-order chi connectivity index (χ0) is 9.53. The van der Waals surface area contributed by atoms with Crippen molar-refractivity contribution in [2.45, 2.75) is 12.8 Å². The molecular formula is C8H16N2O2S. The maximum Gasteiger partial charge on any atom is 0.211 e. The van der Waals surface area contributed by atoms with Crippen molar-refractivity contribution in [1.29, 1.82) is 0 Å². The molecule has 1 atom stereocenters. The molecule has 0 aromatic rings. The lowest BCUT2D eigenvalue weighted by Crippen LogP contribution is -2.32. The Morgan fingerprint density at radius 2 is 2.15 bits per heavy atom. The normalized spacial score (nSPS) is 36.1. The van der Waals surface area contributed by atoms with Crippen LogP contribution in [0.15, 0.2) is 0 Å². The van der Waals surface area contributed by atoms with E-state index in [0.29, 0.717) is 6.54 Å². The molecule has 4 nitrogen and oxygen atoms in total. The Labute approximate surface area is 79.4 Å². The summed E-state index contributed by atoms with van der Waals surface area (Å²) in [4.78, 5) is 0. The maximum atomic E-state index is 11.3. The molecule has 1 N–H and O–H groups in total. The molecule has 2 aliphatic heterocycles. The smallest absolute Gasteiger partial charge is 0.211 e. The first kappa shape index (κ1) is 9.43. The van der Waals surface area contributed by atoms with Crippen molar-refractivity contribution in [3.05, 3.63) is 0 Å². The van der Waals surface area contributed by atoms with Crippen LogP contribution in [0.25, 0.3) is 0 Å². The number of hydrogen-bond acceptors (Lipinski definition) is 3. The van der Waals surface area contributed by atoms with Crippen LogP contribution in [0.1, 0.15) is 12.8 Å². The van der Waals surface area contributed by atoms with Crippen molar-refractivity contribution in [1.82, 2.24) is 9.62 Å². The lowest BCUT2D eigenvalue weighted by Gasteiger charge is -2.21. The van der Waals surface area contributed by atoms with E-state index in [-0.39, 0.29) is 5.41 Å². The fourth-order valence-corrected chi connectivity index (χ4v) is 3.25. The molecule has 0 radical (unpaired) electrons. The molecular weight excluding hydrogens is 188 g/mol. The fraction of sp³-hybridized carbons (Fsp3) is 1.00. The van der Waals surface area contributed by atoms with E-state index in [1.165, 1.54) is 6.26 Å². The van der Waals surface area contributed by atoms with Crippen molar-refractivity contribution in [2.24, 2.45) is 5.41 Å². The summed E-state index contributed by atoms with van der Waals surface area (Å²) in [5, 5.41) is 3.31. The quantitative estimate of drug-likeness (QED) is 0.634. The highest BCUT2D eigenvalue weighted by Crippen LogP contribution is 2.36. The summed E-state index contributed by atoms with van der Waals surface area (Å²) >= 11 is 0. The van der Waals surface area contributed by atoms with Crippen molar-refractivity contribution >= 4 is 10.0 Å². The lowest BCUT2D eigenvalue weighted by atomic mass is 9.87. The number of hydrogen-bond donors (Lipinski definition) is 1. The molecule has 0 amide bonds. The predicted molar refractivity (Wildman–Crippen MR) is 51.0 cm³/mol. The lowest BCUT2D eigenvalue weighted by molar-refractivity contribution is 0.338. The summed E-state index contributed by atoms with van der Waals surface area (Å²) in [5.74, 6) is 0. The molecule has 76 valence electrons. The number of nitrogens with one attached hydrogen (secondary N) is 1. The topological polar surface area (TPSA) is 49.4 Å². The minimum Gasteiger partial charge on any atom is -0.316 e. The second-order valence-electron chi connectivity index (χ2n) is 4.27. The largest absolute Gasteiger partial charge is 0.316 e. The van der Waals surface area contributed by atoms with E-state index in [1.54, 1.807) is 4.31 Å². The molecule has 5 heteroatoms. The van der Waals surface area contributed by atoms with Crippen LogP contribution in [0.2, 0.25) is 0 Å². The number of sulfonamides is 1. The second kappa shape index (κ2) is 2.93. The van der Waals surface area contributed by atoms with Gasteiger partial charge >= 0.3 is 0 Å². The van der Waals surface area contributed by atoms with Crippen molar-refractivity contribution in [2.75, 3.05) is 32.4 Å². The highest BCUT2D eigenvalue weighted by Gasteiger charge is 2.42. The molecule has 2 fully saturated rings. The molecule has 2 heterocycles. The number of rotatable bonds is 1. The van der Waals surface area contributed by atoms with Gasteiger partial charge in [0.2, 0.25) is 10.0 Å². The average Bonchev–Trinajstić information content (AvgIpc) is 2.60. The highest BCUT2D eigenvalue weighted by atomic mass is 32.2. The minimum absolute atomic E-state index is 0.253. The summed E-state index contributed by atoms with van der Waals surface area (Å²) in [6.45, 7) is 3.45. The van der Waals surface area contributed by atoms with Crippen molar-refractivity contribution in [3.8, 4) is 0 Å². The summed E-state index contributed by atoms with van der Waals surface area (Å²) in [6.07, 6.45) is 3.44. The van der Waals surface area contributed by atoms with Crippen molar-refractivity contribution < 1.29 is 8.42 Å². The van der Waals surface area contributed by atoms with Crippen LogP contribution >= 0.6 is 0 Å². The van der Waals surface area contributed by atoms with Gasteiger partial charge in [-0.05, 0) is 24.8 Å². The van der Waals surface area contributed by atoms with Gasteiger partial charge in [0.25, 0.3) is 0 Å². The van der Waals surface area contributed by atoms with Gasteiger partial charge < -0.3 is 5.32 Å². The summed E-state index contributed by atoms with van der Waals surface area (Å²) < 4.78 is 24.2. The monoisotopic (exact) mass is 204 g/mol. The molecule has 2 aliphatic rings. The third-order valence-corrected chi connectivity index (χ3v) is 4.45.